The van der Waals surface area contributed by atoms with E-state index in [2.05, 4.69) is 5.32 Å². The van der Waals surface area contributed by atoms with Crippen molar-refractivity contribution in [2.75, 3.05) is 12.4 Å². The lowest BCUT2D eigenvalue weighted by atomic mass is 10.1. The van der Waals surface area contributed by atoms with Crippen molar-refractivity contribution in [3.05, 3.63) is 65.0 Å². The maximum atomic E-state index is 13.5. The summed E-state index contributed by atoms with van der Waals surface area (Å²) in [5, 5.41) is 3.14. The first-order valence-electron chi connectivity index (χ1n) is 6.28. The van der Waals surface area contributed by atoms with Crippen molar-refractivity contribution < 1.29 is 13.9 Å². The van der Waals surface area contributed by atoms with Crippen LogP contribution < -0.4 is 5.32 Å². The number of esters is 1. The number of benzene rings is 2. The lowest BCUT2D eigenvalue weighted by Crippen LogP contribution is -2.08. The van der Waals surface area contributed by atoms with Crippen LogP contribution in [0.15, 0.2) is 42.5 Å². The van der Waals surface area contributed by atoms with Gasteiger partial charge in [0, 0.05) is 17.8 Å². The highest BCUT2D eigenvalue weighted by atomic mass is 19.1. The minimum Gasteiger partial charge on any atom is -0.465 e. The molecule has 3 nitrogen and oxygen atoms in total. The van der Waals surface area contributed by atoms with Crippen LogP contribution in [0, 0.1) is 12.7 Å². The first kappa shape index (κ1) is 14.1. The number of rotatable bonds is 4. The van der Waals surface area contributed by atoms with Crippen molar-refractivity contribution in [1.82, 2.24) is 0 Å². The van der Waals surface area contributed by atoms with Crippen LogP contribution in [0.5, 0.6) is 0 Å². The zero-order chi connectivity index (χ0) is 14.5. The highest BCUT2D eigenvalue weighted by molar-refractivity contribution is 5.92. The summed E-state index contributed by atoms with van der Waals surface area (Å²) in [6.45, 7) is 2.19. The molecule has 0 fully saturated rings. The zero-order valence-electron chi connectivity index (χ0n) is 11.4. The van der Waals surface area contributed by atoms with E-state index in [1.165, 1.54) is 13.2 Å². The van der Waals surface area contributed by atoms with Crippen LogP contribution in [0.25, 0.3) is 0 Å². The summed E-state index contributed by atoms with van der Waals surface area (Å²) in [5.74, 6) is -0.626. The van der Waals surface area contributed by atoms with E-state index in [9.17, 15) is 9.18 Å². The number of methoxy groups -OCH3 is 1. The van der Waals surface area contributed by atoms with Gasteiger partial charge in [0.25, 0.3) is 0 Å². The minimum atomic E-state index is -0.378. The van der Waals surface area contributed by atoms with Crippen molar-refractivity contribution in [3.8, 4) is 0 Å². The van der Waals surface area contributed by atoms with Gasteiger partial charge in [-0.25, -0.2) is 9.18 Å². The number of hydrogen-bond donors (Lipinski definition) is 1. The van der Waals surface area contributed by atoms with E-state index in [0.29, 0.717) is 17.7 Å². The number of carbonyl (C=O) groups excluding carboxylic acids is 1. The lowest BCUT2D eigenvalue weighted by molar-refractivity contribution is 0.0600. The van der Waals surface area contributed by atoms with Gasteiger partial charge in [0.1, 0.15) is 5.82 Å². The number of hydrogen-bond acceptors (Lipinski definition) is 3. The quantitative estimate of drug-likeness (QED) is 0.866. The predicted molar refractivity (Wildman–Crippen MR) is 76.2 cm³/mol. The van der Waals surface area contributed by atoms with Crippen molar-refractivity contribution >= 4 is 11.7 Å². The summed E-state index contributed by atoms with van der Waals surface area (Å²) in [5.41, 5.74) is 2.66. The van der Waals surface area contributed by atoms with E-state index in [-0.39, 0.29) is 11.8 Å². The summed E-state index contributed by atoms with van der Waals surface area (Å²) in [6.07, 6.45) is 0. The van der Waals surface area contributed by atoms with E-state index in [4.69, 9.17) is 4.74 Å². The van der Waals surface area contributed by atoms with Crippen LogP contribution in [0.3, 0.4) is 0 Å². The van der Waals surface area contributed by atoms with Gasteiger partial charge in [0.15, 0.2) is 0 Å². The van der Waals surface area contributed by atoms with Crippen LogP contribution in [-0.4, -0.2) is 13.1 Å². The van der Waals surface area contributed by atoms with Crippen LogP contribution in [-0.2, 0) is 11.3 Å². The monoisotopic (exact) mass is 273 g/mol. The molecule has 0 heterocycles. The van der Waals surface area contributed by atoms with Crippen molar-refractivity contribution in [1.29, 1.82) is 0 Å². The van der Waals surface area contributed by atoms with Crippen LogP contribution in [0.1, 0.15) is 21.5 Å². The molecule has 0 spiro atoms. The van der Waals surface area contributed by atoms with Gasteiger partial charge in [-0.2, -0.15) is 0 Å². The van der Waals surface area contributed by atoms with Gasteiger partial charge >= 0.3 is 5.97 Å². The maximum absolute atomic E-state index is 13.5. The fourth-order valence-electron chi connectivity index (χ4n) is 1.99. The Hall–Kier alpha value is -2.36. The Labute approximate surface area is 117 Å². The fourth-order valence-corrected chi connectivity index (χ4v) is 1.99. The molecule has 0 aromatic heterocycles. The SMILES string of the molecule is COC(=O)c1cccc(NCc2ccccc2F)c1C. The molecule has 4 heteroatoms. The number of anilines is 1. The standard InChI is InChI=1S/C16H16FNO2/c1-11-13(16(19)20-2)7-5-9-15(11)18-10-12-6-3-4-8-14(12)17/h3-9,18H,10H2,1-2H3. The highest BCUT2D eigenvalue weighted by Crippen LogP contribution is 2.20. The molecule has 0 aliphatic heterocycles. The van der Waals surface area contributed by atoms with Gasteiger partial charge in [-0.3, -0.25) is 0 Å². The number of halogens is 1. The average molecular weight is 273 g/mol. The van der Waals surface area contributed by atoms with Crippen LogP contribution >= 0.6 is 0 Å². The molecule has 0 radical (unpaired) electrons. The molecule has 0 unspecified atom stereocenters. The van der Waals surface area contributed by atoms with E-state index in [0.717, 1.165) is 11.3 Å². The smallest absolute Gasteiger partial charge is 0.338 e. The third-order valence-corrected chi connectivity index (χ3v) is 3.17. The second kappa shape index (κ2) is 6.19. The normalized spacial score (nSPS) is 10.2. The largest absolute Gasteiger partial charge is 0.465 e. The Bertz CT molecular complexity index is 626. The first-order valence-corrected chi connectivity index (χ1v) is 6.28. The molecule has 0 bridgehead atoms. The Balaban J connectivity index is 2.18. The molecule has 0 saturated heterocycles. The summed E-state index contributed by atoms with van der Waals surface area (Å²) in [7, 11) is 1.35. The van der Waals surface area contributed by atoms with E-state index in [1.54, 1.807) is 30.3 Å². The lowest BCUT2D eigenvalue weighted by Gasteiger charge is -2.12. The Morgan fingerprint density at radius 1 is 1.20 bits per heavy atom. The number of carbonyl (C=O) groups is 1. The van der Waals surface area contributed by atoms with Gasteiger partial charge in [0.05, 0.1) is 12.7 Å². The Morgan fingerprint density at radius 3 is 2.65 bits per heavy atom. The predicted octanol–water partition coefficient (Wildman–Crippen LogP) is 3.53. The second-order valence-corrected chi connectivity index (χ2v) is 4.41. The summed E-state index contributed by atoms with van der Waals surface area (Å²) >= 11 is 0. The molecule has 0 aliphatic rings. The van der Waals surface area contributed by atoms with Crippen LogP contribution in [0.4, 0.5) is 10.1 Å². The van der Waals surface area contributed by atoms with Crippen molar-refractivity contribution in [2.45, 2.75) is 13.5 Å². The molecule has 2 rings (SSSR count). The molecular weight excluding hydrogens is 257 g/mol. The summed E-state index contributed by atoms with van der Waals surface area (Å²) in [6, 6.07) is 11.9. The number of nitrogens with one attached hydrogen (secondary N) is 1. The van der Waals surface area contributed by atoms with E-state index < -0.39 is 0 Å². The Morgan fingerprint density at radius 2 is 1.95 bits per heavy atom. The third-order valence-electron chi connectivity index (χ3n) is 3.17. The van der Waals surface area contributed by atoms with Crippen molar-refractivity contribution in [2.24, 2.45) is 0 Å². The molecule has 1 N–H and O–H groups in total. The molecule has 0 aliphatic carbocycles. The first-order chi connectivity index (χ1) is 9.63. The molecule has 2 aromatic carbocycles. The van der Waals surface area contributed by atoms with E-state index >= 15 is 0 Å². The molecule has 0 saturated carbocycles. The highest BCUT2D eigenvalue weighted by Gasteiger charge is 2.11. The van der Waals surface area contributed by atoms with Gasteiger partial charge in [-0.1, -0.05) is 24.3 Å². The second-order valence-electron chi connectivity index (χ2n) is 4.41. The van der Waals surface area contributed by atoms with Gasteiger partial charge < -0.3 is 10.1 Å². The fraction of sp³-hybridized carbons (Fsp3) is 0.188. The maximum Gasteiger partial charge on any atom is 0.338 e. The average Bonchev–Trinajstić information content (AvgIpc) is 2.47. The summed E-state index contributed by atoms with van der Waals surface area (Å²) < 4.78 is 18.3. The molecular formula is C16H16FNO2. The minimum absolute atomic E-state index is 0.248. The molecule has 2 aromatic rings. The number of ether oxygens (including phenoxy) is 1. The molecule has 20 heavy (non-hydrogen) atoms. The molecule has 0 atom stereocenters. The molecule has 0 amide bonds. The summed E-state index contributed by atoms with van der Waals surface area (Å²) in [4.78, 5) is 11.6. The van der Waals surface area contributed by atoms with Crippen molar-refractivity contribution in [3.63, 3.8) is 0 Å². The van der Waals surface area contributed by atoms with Gasteiger partial charge in [-0.05, 0) is 30.7 Å². The van der Waals surface area contributed by atoms with Gasteiger partial charge in [0.2, 0.25) is 0 Å². The zero-order valence-corrected chi connectivity index (χ0v) is 11.4. The Kier molecular flexibility index (Phi) is 4.35. The van der Waals surface area contributed by atoms with Gasteiger partial charge in [-0.15, -0.1) is 0 Å². The van der Waals surface area contributed by atoms with E-state index in [1.807, 2.05) is 13.0 Å². The van der Waals surface area contributed by atoms with Crippen LogP contribution in [0.2, 0.25) is 0 Å². The third kappa shape index (κ3) is 2.96. The topological polar surface area (TPSA) is 38.3 Å². The molecule has 104 valence electrons.